The van der Waals surface area contributed by atoms with Crippen LogP contribution in [0.1, 0.15) is 30.1 Å². The van der Waals surface area contributed by atoms with E-state index in [2.05, 4.69) is 10.6 Å². The molecule has 0 bridgehead atoms. The lowest BCUT2D eigenvalue weighted by Gasteiger charge is -2.24. The van der Waals surface area contributed by atoms with E-state index in [1.807, 2.05) is 6.92 Å². The molecule has 1 heterocycles. The van der Waals surface area contributed by atoms with Gasteiger partial charge in [-0.2, -0.15) is 0 Å². The molecule has 0 saturated carbocycles. The Morgan fingerprint density at radius 3 is 2.95 bits per heavy atom. The fourth-order valence-electron chi connectivity index (χ4n) is 2.33. The van der Waals surface area contributed by atoms with Crippen LogP contribution in [0.5, 0.6) is 11.5 Å². The quantitative estimate of drug-likeness (QED) is 0.858. The average molecular weight is 278 g/mol. The number of piperidine rings is 1. The highest BCUT2D eigenvalue weighted by Crippen LogP contribution is 2.28. The maximum atomic E-state index is 12.2. The Balaban J connectivity index is 2.05. The zero-order valence-corrected chi connectivity index (χ0v) is 12.1. The van der Waals surface area contributed by atoms with Crippen LogP contribution in [0.25, 0.3) is 0 Å². The molecule has 0 aromatic heterocycles. The van der Waals surface area contributed by atoms with Crippen LogP contribution in [-0.2, 0) is 0 Å². The van der Waals surface area contributed by atoms with E-state index in [0.717, 1.165) is 25.9 Å². The highest BCUT2D eigenvalue weighted by molar-refractivity contribution is 5.95. The van der Waals surface area contributed by atoms with E-state index in [4.69, 9.17) is 9.47 Å². The van der Waals surface area contributed by atoms with Gasteiger partial charge in [0.1, 0.15) is 0 Å². The van der Waals surface area contributed by atoms with E-state index >= 15 is 0 Å². The van der Waals surface area contributed by atoms with Crippen molar-refractivity contribution in [3.05, 3.63) is 23.8 Å². The van der Waals surface area contributed by atoms with Crippen LogP contribution >= 0.6 is 0 Å². The van der Waals surface area contributed by atoms with E-state index in [0.29, 0.717) is 23.7 Å². The largest absolute Gasteiger partial charge is 0.493 e. The highest BCUT2D eigenvalue weighted by atomic mass is 16.5. The van der Waals surface area contributed by atoms with E-state index in [-0.39, 0.29) is 11.9 Å². The van der Waals surface area contributed by atoms with Gasteiger partial charge < -0.3 is 20.1 Å². The van der Waals surface area contributed by atoms with Crippen molar-refractivity contribution in [2.24, 2.45) is 0 Å². The van der Waals surface area contributed by atoms with E-state index in [9.17, 15) is 4.79 Å². The van der Waals surface area contributed by atoms with E-state index < -0.39 is 0 Å². The molecule has 5 heteroatoms. The van der Waals surface area contributed by atoms with Gasteiger partial charge in [0.05, 0.1) is 13.7 Å². The second-order valence-electron chi connectivity index (χ2n) is 4.82. The van der Waals surface area contributed by atoms with Gasteiger partial charge in [0.2, 0.25) is 0 Å². The Morgan fingerprint density at radius 2 is 2.30 bits per heavy atom. The summed E-state index contributed by atoms with van der Waals surface area (Å²) in [5.74, 6) is 1.17. The second-order valence-corrected chi connectivity index (χ2v) is 4.82. The molecule has 110 valence electrons. The number of ether oxygens (including phenoxy) is 2. The van der Waals surface area contributed by atoms with Crippen molar-refractivity contribution < 1.29 is 14.3 Å². The summed E-state index contributed by atoms with van der Waals surface area (Å²) in [4.78, 5) is 12.2. The summed E-state index contributed by atoms with van der Waals surface area (Å²) in [6.45, 7) is 4.34. The average Bonchev–Trinajstić information content (AvgIpc) is 2.49. The summed E-state index contributed by atoms with van der Waals surface area (Å²) in [5, 5.41) is 6.32. The molecule has 1 aliphatic heterocycles. The first-order chi connectivity index (χ1) is 9.74. The standard InChI is InChI=1S/C15H22N2O3/c1-3-20-13-7-6-11(9-14(13)19-2)15(18)17-12-5-4-8-16-10-12/h6-7,9,12,16H,3-5,8,10H2,1-2H3,(H,17,18). The summed E-state index contributed by atoms with van der Waals surface area (Å²) in [5.41, 5.74) is 0.593. The fourth-order valence-corrected chi connectivity index (χ4v) is 2.33. The first-order valence-corrected chi connectivity index (χ1v) is 7.07. The molecule has 0 radical (unpaired) electrons. The predicted octanol–water partition coefficient (Wildman–Crippen LogP) is 1.58. The lowest BCUT2D eigenvalue weighted by molar-refractivity contribution is 0.0930. The molecule has 2 rings (SSSR count). The summed E-state index contributed by atoms with van der Waals surface area (Å²) < 4.78 is 10.7. The minimum absolute atomic E-state index is 0.0694. The highest BCUT2D eigenvalue weighted by Gasteiger charge is 2.17. The molecular weight excluding hydrogens is 256 g/mol. The van der Waals surface area contributed by atoms with Gasteiger partial charge >= 0.3 is 0 Å². The van der Waals surface area contributed by atoms with Gasteiger partial charge in [0, 0.05) is 18.2 Å². The van der Waals surface area contributed by atoms with Crippen LogP contribution in [0.4, 0.5) is 0 Å². The number of hydrogen-bond acceptors (Lipinski definition) is 4. The Labute approximate surface area is 119 Å². The first-order valence-electron chi connectivity index (χ1n) is 7.07. The van der Waals surface area contributed by atoms with Crippen LogP contribution in [0.2, 0.25) is 0 Å². The third-order valence-electron chi connectivity index (χ3n) is 3.36. The topological polar surface area (TPSA) is 59.6 Å². The molecule has 1 aromatic rings. The molecule has 1 amide bonds. The van der Waals surface area contributed by atoms with Gasteiger partial charge in [-0.25, -0.2) is 0 Å². The van der Waals surface area contributed by atoms with Gasteiger partial charge in [0.15, 0.2) is 11.5 Å². The molecule has 0 spiro atoms. The number of amides is 1. The van der Waals surface area contributed by atoms with Crippen molar-refractivity contribution in [1.29, 1.82) is 0 Å². The number of rotatable bonds is 5. The lowest BCUT2D eigenvalue weighted by atomic mass is 10.1. The molecule has 1 fully saturated rings. The number of benzene rings is 1. The Hall–Kier alpha value is -1.75. The number of carbonyl (C=O) groups excluding carboxylic acids is 1. The van der Waals surface area contributed by atoms with Crippen LogP contribution in [-0.4, -0.2) is 38.8 Å². The molecule has 1 aliphatic rings. The third-order valence-corrected chi connectivity index (χ3v) is 3.36. The van der Waals surface area contributed by atoms with E-state index in [1.165, 1.54) is 0 Å². The molecule has 1 unspecified atom stereocenters. The van der Waals surface area contributed by atoms with E-state index in [1.54, 1.807) is 25.3 Å². The SMILES string of the molecule is CCOc1ccc(C(=O)NC2CCCNC2)cc1OC. The zero-order valence-electron chi connectivity index (χ0n) is 12.1. The number of hydrogen-bond donors (Lipinski definition) is 2. The van der Waals surface area contributed by atoms with Crippen molar-refractivity contribution in [1.82, 2.24) is 10.6 Å². The van der Waals surface area contributed by atoms with Gasteiger partial charge in [-0.3, -0.25) is 4.79 Å². The smallest absolute Gasteiger partial charge is 0.251 e. The van der Waals surface area contributed by atoms with Crippen LogP contribution < -0.4 is 20.1 Å². The van der Waals surface area contributed by atoms with Gasteiger partial charge in [-0.05, 0) is 44.5 Å². The van der Waals surface area contributed by atoms with Crippen LogP contribution in [0.15, 0.2) is 18.2 Å². The lowest BCUT2D eigenvalue weighted by Crippen LogP contribution is -2.45. The maximum absolute atomic E-state index is 12.2. The monoisotopic (exact) mass is 278 g/mol. The molecule has 1 atom stereocenters. The summed E-state index contributed by atoms with van der Waals surface area (Å²) in [6.07, 6.45) is 2.12. The minimum atomic E-state index is -0.0694. The number of methoxy groups -OCH3 is 1. The maximum Gasteiger partial charge on any atom is 0.251 e. The zero-order chi connectivity index (χ0) is 14.4. The third kappa shape index (κ3) is 3.63. The normalized spacial score (nSPS) is 18.4. The molecular formula is C15H22N2O3. The van der Waals surface area contributed by atoms with Gasteiger partial charge in [-0.15, -0.1) is 0 Å². The van der Waals surface area contributed by atoms with Crippen LogP contribution in [0.3, 0.4) is 0 Å². The molecule has 0 aliphatic carbocycles. The Morgan fingerprint density at radius 1 is 1.45 bits per heavy atom. The minimum Gasteiger partial charge on any atom is -0.493 e. The number of carbonyl (C=O) groups is 1. The number of nitrogens with one attached hydrogen (secondary N) is 2. The second kappa shape index (κ2) is 7.14. The fraction of sp³-hybridized carbons (Fsp3) is 0.533. The molecule has 1 saturated heterocycles. The Kier molecular flexibility index (Phi) is 5.24. The summed E-state index contributed by atoms with van der Waals surface area (Å²) in [6, 6.07) is 5.46. The van der Waals surface area contributed by atoms with Crippen molar-refractivity contribution in [3.63, 3.8) is 0 Å². The van der Waals surface area contributed by atoms with Crippen molar-refractivity contribution >= 4 is 5.91 Å². The first kappa shape index (κ1) is 14.7. The Bertz CT molecular complexity index is 456. The van der Waals surface area contributed by atoms with Crippen molar-refractivity contribution in [2.75, 3.05) is 26.8 Å². The molecule has 5 nitrogen and oxygen atoms in total. The predicted molar refractivity (Wildman–Crippen MR) is 77.5 cm³/mol. The molecule has 20 heavy (non-hydrogen) atoms. The summed E-state index contributed by atoms with van der Waals surface area (Å²) in [7, 11) is 1.57. The van der Waals surface area contributed by atoms with Gasteiger partial charge in [-0.1, -0.05) is 0 Å². The summed E-state index contributed by atoms with van der Waals surface area (Å²) >= 11 is 0. The van der Waals surface area contributed by atoms with Crippen LogP contribution in [0, 0.1) is 0 Å². The van der Waals surface area contributed by atoms with Gasteiger partial charge in [0.25, 0.3) is 5.91 Å². The molecule has 2 N–H and O–H groups in total. The molecule has 1 aromatic carbocycles. The van der Waals surface area contributed by atoms with Crippen molar-refractivity contribution in [2.45, 2.75) is 25.8 Å². The van der Waals surface area contributed by atoms with Crippen molar-refractivity contribution in [3.8, 4) is 11.5 Å².